The number of benzene rings is 1. The van der Waals surface area contributed by atoms with E-state index in [1.807, 2.05) is 16.7 Å². The number of nitrogens with zero attached hydrogens (tertiary/aromatic N) is 6. The number of rotatable bonds is 4. The molecule has 0 aliphatic heterocycles. The van der Waals surface area contributed by atoms with Crippen LogP contribution in [0.3, 0.4) is 0 Å². The third-order valence-electron chi connectivity index (χ3n) is 4.14. The van der Waals surface area contributed by atoms with E-state index in [-0.39, 0.29) is 5.82 Å². The Morgan fingerprint density at radius 1 is 1.12 bits per heavy atom. The lowest BCUT2D eigenvalue weighted by Gasteiger charge is -2.09. The molecule has 0 N–H and O–H groups in total. The van der Waals surface area contributed by atoms with Crippen LogP contribution < -0.4 is 0 Å². The second-order valence-corrected chi connectivity index (χ2v) is 5.89. The van der Waals surface area contributed by atoms with Gasteiger partial charge in [0.2, 0.25) is 0 Å². The lowest BCUT2D eigenvalue weighted by atomic mass is 10.1. The highest BCUT2D eigenvalue weighted by Gasteiger charge is 2.17. The summed E-state index contributed by atoms with van der Waals surface area (Å²) in [6.45, 7) is 2.86. The average molecular weight is 346 g/mol. The Morgan fingerprint density at radius 2 is 1.92 bits per heavy atom. The lowest BCUT2D eigenvalue weighted by Crippen LogP contribution is -2.03. The summed E-state index contributed by atoms with van der Waals surface area (Å²) in [4.78, 5) is 8.71. The molecular weight excluding hydrogens is 331 g/mol. The summed E-state index contributed by atoms with van der Waals surface area (Å²) in [6.07, 6.45) is 4.20. The maximum Gasteiger partial charge on any atom is 0.162 e. The van der Waals surface area contributed by atoms with Crippen LogP contribution in [0.15, 0.2) is 48.9 Å². The minimum atomic E-state index is -0.292. The van der Waals surface area contributed by atoms with Crippen molar-refractivity contribution in [3.05, 3.63) is 60.4 Å². The first-order valence-electron chi connectivity index (χ1n) is 8.27. The van der Waals surface area contributed by atoms with Crippen LogP contribution in [-0.4, -0.2) is 24.1 Å². The van der Waals surface area contributed by atoms with E-state index in [2.05, 4.69) is 28.1 Å². The van der Waals surface area contributed by atoms with Gasteiger partial charge in [-0.25, -0.2) is 18.9 Å². The summed E-state index contributed by atoms with van der Waals surface area (Å²) >= 11 is 0. The maximum atomic E-state index is 13.3. The first kappa shape index (κ1) is 16.0. The first-order valence-corrected chi connectivity index (χ1v) is 8.27. The molecule has 0 radical (unpaired) electrons. The fourth-order valence-corrected chi connectivity index (χ4v) is 2.96. The lowest BCUT2D eigenvalue weighted by molar-refractivity contribution is 0.628. The summed E-state index contributed by atoms with van der Waals surface area (Å²) in [5, 5.41) is 13.8. The molecule has 0 amide bonds. The van der Waals surface area contributed by atoms with Crippen LogP contribution in [0, 0.1) is 17.1 Å². The van der Waals surface area contributed by atoms with Gasteiger partial charge in [-0.05, 0) is 42.8 Å². The number of hydrogen-bond acceptors (Lipinski definition) is 4. The number of aryl methyl sites for hydroxylation is 1. The Labute approximate surface area is 149 Å². The Kier molecular flexibility index (Phi) is 3.93. The number of halogens is 1. The van der Waals surface area contributed by atoms with Crippen LogP contribution in [-0.2, 0) is 6.54 Å². The largest absolute Gasteiger partial charge is 0.329 e. The zero-order valence-electron chi connectivity index (χ0n) is 14.1. The molecule has 0 bridgehead atoms. The monoisotopic (exact) mass is 346 g/mol. The summed E-state index contributed by atoms with van der Waals surface area (Å²) in [5.74, 6) is -0.292. The van der Waals surface area contributed by atoms with Crippen molar-refractivity contribution in [2.45, 2.75) is 19.9 Å². The zero-order valence-corrected chi connectivity index (χ0v) is 14.1. The van der Waals surface area contributed by atoms with E-state index < -0.39 is 0 Å². The molecule has 3 heterocycles. The minimum absolute atomic E-state index is 0.292. The topological polar surface area (TPSA) is 71.8 Å². The van der Waals surface area contributed by atoms with Crippen molar-refractivity contribution in [2.75, 3.05) is 0 Å². The van der Waals surface area contributed by atoms with E-state index in [0.717, 1.165) is 29.9 Å². The molecule has 0 saturated heterocycles. The van der Waals surface area contributed by atoms with Crippen LogP contribution in [0.25, 0.3) is 28.3 Å². The van der Waals surface area contributed by atoms with Gasteiger partial charge in [-0.1, -0.05) is 6.92 Å². The molecule has 4 aromatic rings. The quantitative estimate of drug-likeness (QED) is 0.565. The average Bonchev–Trinajstić information content (AvgIpc) is 3.26. The zero-order chi connectivity index (χ0) is 18.1. The molecule has 0 aliphatic carbocycles. The van der Waals surface area contributed by atoms with Crippen LogP contribution in [0.1, 0.15) is 19.0 Å². The Hall–Kier alpha value is -3.53. The van der Waals surface area contributed by atoms with Crippen LogP contribution in [0.5, 0.6) is 0 Å². The van der Waals surface area contributed by atoms with Crippen molar-refractivity contribution < 1.29 is 4.39 Å². The smallest absolute Gasteiger partial charge is 0.162 e. The number of hydrogen-bond donors (Lipinski definition) is 0. The van der Waals surface area contributed by atoms with Crippen LogP contribution in [0.2, 0.25) is 0 Å². The molecule has 6 nitrogen and oxygen atoms in total. The maximum absolute atomic E-state index is 13.3. The molecule has 0 fully saturated rings. The van der Waals surface area contributed by atoms with E-state index in [1.54, 1.807) is 18.5 Å². The highest BCUT2D eigenvalue weighted by Crippen LogP contribution is 2.30. The molecule has 4 rings (SSSR count). The molecule has 0 unspecified atom stereocenters. The van der Waals surface area contributed by atoms with Crippen molar-refractivity contribution >= 4 is 5.65 Å². The Balaban J connectivity index is 1.93. The van der Waals surface area contributed by atoms with Gasteiger partial charge in [0.25, 0.3) is 0 Å². The van der Waals surface area contributed by atoms with Gasteiger partial charge in [-0.3, -0.25) is 0 Å². The standard InChI is InChI=1S/C19H15FN6/c1-2-9-25-12-23-18(13-3-5-14(20)6-4-13)19(25)16-7-8-17-22-11-15(10-21)26(17)24-16/h3-8,11-12H,2,9H2,1H3. The van der Waals surface area contributed by atoms with Crippen molar-refractivity contribution in [2.24, 2.45) is 0 Å². The molecule has 3 aromatic heterocycles. The predicted octanol–water partition coefficient (Wildman–Crippen LogP) is 3.68. The summed E-state index contributed by atoms with van der Waals surface area (Å²) in [7, 11) is 0. The van der Waals surface area contributed by atoms with Gasteiger partial charge in [0.1, 0.15) is 17.6 Å². The van der Waals surface area contributed by atoms with Gasteiger partial charge in [0, 0.05) is 12.1 Å². The summed E-state index contributed by atoms with van der Waals surface area (Å²) in [6, 6.07) is 12.0. The fourth-order valence-electron chi connectivity index (χ4n) is 2.96. The minimum Gasteiger partial charge on any atom is -0.329 e. The second kappa shape index (κ2) is 6.41. The summed E-state index contributed by atoms with van der Waals surface area (Å²) in [5.41, 5.74) is 4.02. The molecule has 0 spiro atoms. The highest BCUT2D eigenvalue weighted by atomic mass is 19.1. The molecular formula is C19H15FN6. The van der Waals surface area contributed by atoms with Crippen molar-refractivity contribution in [3.8, 4) is 28.7 Å². The normalized spacial score (nSPS) is 11.0. The van der Waals surface area contributed by atoms with Gasteiger partial charge in [0.05, 0.1) is 23.9 Å². The van der Waals surface area contributed by atoms with Crippen LogP contribution >= 0.6 is 0 Å². The van der Waals surface area contributed by atoms with E-state index in [4.69, 9.17) is 0 Å². The van der Waals surface area contributed by atoms with Crippen LogP contribution in [0.4, 0.5) is 4.39 Å². The van der Waals surface area contributed by atoms with E-state index in [9.17, 15) is 9.65 Å². The molecule has 0 saturated carbocycles. The number of nitriles is 1. The van der Waals surface area contributed by atoms with Crippen molar-refractivity contribution in [3.63, 3.8) is 0 Å². The van der Waals surface area contributed by atoms with Gasteiger partial charge in [-0.15, -0.1) is 0 Å². The predicted molar refractivity (Wildman–Crippen MR) is 94.6 cm³/mol. The molecule has 0 aliphatic rings. The van der Waals surface area contributed by atoms with E-state index in [0.29, 0.717) is 17.0 Å². The highest BCUT2D eigenvalue weighted by molar-refractivity contribution is 5.77. The van der Waals surface area contributed by atoms with Gasteiger partial charge < -0.3 is 4.57 Å². The Bertz CT molecular complexity index is 1120. The molecule has 7 heteroatoms. The molecule has 26 heavy (non-hydrogen) atoms. The van der Waals surface area contributed by atoms with E-state index in [1.165, 1.54) is 22.8 Å². The van der Waals surface area contributed by atoms with Gasteiger partial charge >= 0.3 is 0 Å². The van der Waals surface area contributed by atoms with Crippen molar-refractivity contribution in [1.29, 1.82) is 5.26 Å². The Morgan fingerprint density at radius 3 is 2.65 bits per heavy atom. The fraction of sp³-hybridized carbons (Fsp3) is 0.158. The summed E-state index contributed by atoms with van der Waals surface area (Å²) < 4.78 is 16.8. The molecule has 0 atom stereocenters. The van der Waals surface area contributed by atoms with Gasteiger partial charge in [0.15, 0.2) is 11.3 Å². The number of imidazole rings is 2. The third-order valence-corrected chi connectivity index (χ3v) is 4.14. The van der Waals surface area contributed by atoms with Gasteiger partial charge in [-0.2, -0.15) is 10.4 Å². The van der Waals surface area contributed by atoms with E-state index >= 15 is 0 Å². The second-order valence-electron chi connectivity index (χ2n) is 5.89. The van der Waals surface area contributed by atoms with Crippen molar-refractivity contribution in [1.82, 2.24) is 24.1 Å². The number of fused-ring (bicyclic) bond motifs is 1. The first-order chi connectivity index (χ1) is 12.7. The SMILES string of the molecule is CCCn1cnc(-c2ccc(F)cc2)c1-c1ccc2ncc(C#N)n2n1. The molecule has 1 aromatic carbocycles. The molecule has 128 valence electrons. The number of aromatic nitrogens is 5. The third kappa shape index (κ3) is 2.62.